The highest BCUT2D eigenvalue weighted by molar-refractivity contribution is 5.83. The molecule has 3 fully saturated rings. The third-order valence-electron chi connectivity index (χ3n) is 6.94. The van der Waals surface area contributed by atoms with Crippen LogP contribution in [0.3, 0.4) is 0 Å². The quantitative estimate of drug-likeness (QED) is 0.591. The van der Waals surface area contributed by atoms with Gasteiger partial charge in [0.25, 0.3) is 0 Å². The Morgan fingerprint density at radius 2 is 1.65 bits per heavy atom. The van der Waals surface area contributed by atoms with Crippen molar-refractivity contribution in [3.8, 4) is 0 Å². The zero-order valence-electron chi connectivity index (χ0n) is 16.3. The third-order valence-corrected chi connectivity index (χ3v) is 6.94. The van der Waals surface area contributed by atoms with Crippen molar-refractivity contribution >= 4 is 11.8 Å². The van der Waals surface area contributed by atoms with E-state index in [2.05, 4.69) is 29.8 Å². The fourth-order valence-electron chi connectivity index (χ4n) is 5.36. The molecule has 0 bridgehead atoms. The van der Waals surface area contributed by atoms with E-state index in [1.54, 1.807) is 0 Å². The molecule has 148 valence electrons. The van der Waals surface area contributed by atoms with Crippen LogP contribution in [0.15, 0.2) is 0 Å². The molecule has 0 aromatic carbocycles. The van der Waals surface area contributed by atoms with Crippen molar-refractivity contribution in [2.24, 2.45) is 23.5 Å². The Morgan fingerprint density at radius 3 is 2.27 bits per heavy atom. The van der Waals surface area contributed by atoms with Crippen LogP contribution < -0.4 is 21.7 Å². The van der Waals surface area contributed by atoms with Crippen molar-refractivity contribution in [3.05, 3.63) is 0 Å². The van der Waals surface area contributed by atoms with Gasteiger partial charge in [-0.1, -0.05) is 20.3 Å². The number of carbonyl (C=O) groups excluding carboxylic acids is 2. The second kappa shape index (κ2) is 8.70. The van der Waals surface area contributed by atoms with Crippen molar-refractivity contribution in [2.75, 3.05) is 6.54 Å². The average molecular weight is 365 g/mol. The zero-order valence-corrected chi connectivity index (χ0v) is 16.3. The molecule has 5 N–H and O–H groups in total. The number of hydrogen-bond donors (Lipinski definition) is 4. The molecule has 5 atom stereocenters. The van der Waals surface area contributed by atoms with Crippen LogP contribution >= 0.6 is 0 Å². The molecule has 1 aliphatic heterocycles. The number of nitrogens with one attached hydrogen (secondary N) is 3. The van der Waals surface area contributed by atoms with Gasteiger partial charge in [-0.2, -0.15) is 0 Å². The minimum absolute atomic E-state index is 0.0423. The standard InChI is InChI=1S/C20H36N4O2/c1-12-4-3-5-16-13(2)19(24-18(12)16)20(26)23-15-8-6-14(7-9-15)22-17(25)10-11-21/h12-16,18-19,24H,3-11,21H2,1-2H3,(H,22,25)(H,23,26). The summed E-state index contributed by atoms with van der Waals surface area (Å²) in [7, 11) is 0. The number of hydrogen-bond acceptors (Lipinski definition) is 4. The summed E-state index contributed by atoms with van der Waals surface area (Å²) in [5.74, 6) is 1.94. The van der Waals surface area contributed by atoms with Crippen LogP contribution in [-0.2, 0) is 9.59 Å². The van der Waals surface area contributed by atoms with Gasteiger partial charge in [0, 0.05) is 31.1 Å². The normalized spacial score (nSPS) is 39.9. The van der Waals surface area contributed by atoms with E-state index < -0.39 is 0 Å². The van der Waals surface area contributed by atoms with Crippen molar-refractivity contribution in [3.63, 3.8) is 0 Å². The number of amides is 2. The maximum Gasteiger partial charge on any atom is 0.237 e. The monoisotopic (exact) mass is 364 g/mol. The molecule has 3 aliphatic rings. The summed E-state index contributed by atoms with van der Waals surface area (Å²) < 4.78 is 0. The number of rotatable bonds is 5. The Morgan fingerprint density at radius 1 is 1.00 bits per heavy atom. The van der Waals surface area contributed by atoms with Crippen LogP contribution in [0.5, 0.6) is 0 Å². The van der Waals surface area contributed by atoms with E-state index in [1.807, 2.05) is 0 Å². The number of nitrogens with two attached hydrogens (primary N) is 1. The van der Waals surface area contributed by atoms with E-state index in [4.69, 9.17) is 5.73 Å². The first-order valence-electron chi connectivity index (χ1n) is 10.6. The average Bonchev–Trinajstić information content (AvgIpc) is 2.95. The van der Waals surface area contributed by atoms with Crippen LogP contribution in [0.2, 0.25) is 0 Å². The SMILES string of the molecule is CC1CCCC2C(C)C(C(=O)NC3CCC(NC(=O)CCN)CC3)NC12. The molecule has 1 saturated heterocycles. The van der Waals surface area contributed by atoms with Gasteiger partial charge >= 0.3 is 0 Å². The van der Waals surface area contributed by atoms with Crippen LogP contribution in [0.1, 0.15) is 65.2 Å². The Balaban J connectivity index is 1.45. The minimum Gasteiger partial charge on any atom is -0.353 e. The number of carbonyl (C=O) groups is 2. The first kappa shape index (κ1) is 19.6. The molecule has 1 heterocycles. The van der Waals surface area contributed by atoms with Gasteiger partial charge in [0.15, 0.2) is 0 Å². The Hall–Kier alpha value is -1.14. The Labute approximate surface area is 157 Å². The highest BCUT2D eigenvalue weighted by Crippen LogP contribution is 2.40. The maximum atomic E-state index is 12.9. The summed E-state index contributed by atoms with van der Waals surface area (Å²) in [5, 5.41) is 9.98. The van der Waals surface area contributed by atoms with E-state index in [0.717, 1.165) is 25.7 Å². The second-order valence-corrected chi connectivity index (χ2v) is 8.76. The lowest BCUT2D eigenvalue weighted by atomic mass is 9.74. The molecule has 2 amide bonds. The van der Waals surface area contributed by atoms with E-state index in [1.165, 1.54) is 19.3 Å². The molecule has 2 saturated carbocycles. The molecule has 2 aliphatic carbocycles. The molecule has 0 aromatic rings. The van der Waals surface area contributed by atoms with Gasteiger partial charge in [-0.25, -0.2) is 0 Å². The zero-order chi connectivity index (χ0) is 18.7. The first-order valence-corrected chi connectivity index (χ1v) is 10.6. The third kappa shape index (κ3) is 4.39. The molecule has 3 rings (SSSR count). The van der Waals surface area contributed by atoms with Crippen molar-refractivity contribution in [1.82, 2.24) is 16.0 Å². The van der Waals surface area contributed by atoms with E-state index in [0.29, 0.717) is 36.8 Å². The molecule has 0 spiro atoms. The van der Waals surface area contributed by atoms with Gasteiger partial charge in [0.2, 0.25) is 11.8 Å². The van der Waals surface area contributed by atoms with Gasteiger partial charge in [-0.15, -0.1) is 0 Å². The fraction of sp³-hybridized carbons (Fsp3) is 0.900. The molecular formula is C20H36N4O2. The predicted molar refractivity (Wildman–Crippen MR) is 102 cm³/mol. The van der Waals surface area contributed by atoms with Gasteiger partial charge in [0.05, 0.1) is 6.04 Å². The lowest BCUT2D eigenvalue weighted by molar-refractivity contribution is -0.125. The van der Waals surface area contributed by atoms with E-state index in [-0.39, 0.29) is 29.9 Å². The predicted octanol–water partition coefficient (Wildman–Crippen LogP) is 1.29. The molecule has 26 heavy (non-hydrogen) atoms. The highest BCUT2D eigenvalue weighted by atomic mass is 16.2. The van der Waals surface area contributed by atoms with Crippen molar-refractivity contribution < 1.29 is 9.59 Å². The fourth-order valence-corrected chi connectivity index (χ4v) is 5.36. The topological polar surface area (TPSA) is 96.2 Å². The molecule has 0 radical (unpaired) electrons. The van der Waals surface area contributed by atoms with Crippen molar-refractivity contribution in [2.45, 2.75) is 89.4 Å². The van der Waals surface area contributed by atoms with Crippen molar-refractivity contribution in [1.29, 1.82) is 0 Å². The molecule has 5 unspecified atom stereocenters. The summed E-state index contributed by atoms with van der Waals surface area (Å²) in [6.07, 6.45) is 7.93. The number of fused-ring (bicyclic) bond motifs is 1. The van der Waals surface area contributed by atoms with E-state index in [9.17, 15) is 9.59 Å². The molecule has 6 heteroatoms. The summed E-state index contributed by atoms with van der Waals surface area (Å²) >= 11 is 0. The molecular weight excluding hydrogens is 328 g/mol. The Bertz CT molecular complexity index is 504. The first-order chi connectivity index (χ1) is 12.5. The van der Waals surface area contributed by atoms with Gasteiger partial charge in [-0.3, -0.25) is 9.59 Å². The Kier molecular flexibility index (Phi) is 6.56. The largest absolute Gasteiger partial charge is 0.353 e. The summed E-state index contributed by atoms with van der Waals surface area (Å²) in [6.45, 7) is 4.95. The minimum atomic E-state index is -0.0486. The lowest BCUT2D eigenvalue weighted by Gasteiger charge is -2.32. The van der Waals surface area contributed by atoms with Gasteiger partial charge in [-0.05, 0) is 56.3 Å². The summed E-state index contributed by atoms with van der Waals surface area (Å²) in [6, 6.07) is 0.921. The lowest BCUT2D eigenvalue weighted by Crippen LogP contribution is -2.51. The van der Waals surface area contributed by atoms with Crippen LogP contribution in [0.4, 0.5) is 0 Å². The summed E-state index contributed by atoms with van der Waals surface area (Å²) in [5.41, 5.74) is 5.42. The molecule has 0 aromatic heterocycles. The van der Waals surface area contributed by atoms with Crippen LogP contribution in [0, 0.1) is 17.8 Å². The molecule has 6 nitrogen and oxygen atoms in total. The highest BCUT2D eigenvalue weighted by Gasteiger charge is 2.46. The smallest absolute Gasteiger partial charge is 0.237 e. The van der Waals surface area contributed by atoms with Crippen LogP contribution in [-0.4, -0.2) is 42.5 Å². The maximum absolute atomic E-state index is 12.9. The van der Waals surface area contributed by atoms with E-state index >= 15 is 0 Å². The van der Waals surface area contributed by atoms with Gasteiger partial charge < -0.3 is 21.7 Å². The summed E-state index contributed by atoms with van der Waals surface area (Å²) in [4.78, 5) is 24.5. The van der Waals surface area contributed by atoms with Gasteiger partial charge in [0.1, 0.15) is 0 Å². The second-order valence-electron chi connectivity index (χ2n) is 8.76. The van der Waals surface area contributed by atoms with Crippen LogP contribution in [0.25, 0.3) is 0 Å².